The summed E-state index contributed by atoms with van der Waals surface area (Å²) in [6.07, 6.45) is 3.29. The van der Waals surface area contributed by atoms with E-state index in [1.54, 1.807) is 24.5 Å². The fraction of sp³-hybridized carbons (Fsp3) is 0.182. The lowest BCUT2D eigenvalue weighted by Crippen LogP contribution is -2.22. The Morgan fingerprint density at radius 1 is 1.47 bits per heavy atom. The second-order valence-electron chi connectivity index (χ2n) is 3.72. The molecule has 0 atom stereocenters. The molecule has 0 saturated carbocycles. The first kappa shape index (κ1) is 11.3. The zero-order valence-electron chi connectivity index (χ0n) is 9.42. The zero-order valence-corrected chi connectivity index (χ0v) is 9.42. The summed E-state index contributed by atoms with van der Waals surface area (Å²) in [6, 6.07) is 5.14. The van der Waals surface area contributed by atoms with Crippen molar-refractivity contribution in [3.05, 3.63) is 52.1 Å². The van der Waals surface area contributed by atoms with Crippen LogP contribution in [0.4, 0.5) is 5.82 Å². The van der Waals surface area contributed by atoms with Gasteiger partial charge in [-0.15, -0.1) is 0 Å². The Kier molecular flexibility index (Phi) is 3.15. The van der Waals surface area contributed by atoms with Crippen LogP contribution in [0.3, 0.4) is 0 Å². The van der Waals surface area contributed by atoms with Crippen molar-refractivity contribution in [2.75, 3.05) is 5.43 Å². The van der Waals surface area contributed by atoms with Crippen molar-refractivity contribution < 1.29 is 0 Å². The number of hydrogen-bond donors (Lipinski definition) is 2. The monoisotopic (exact) mass is 231 g/mol. The molecule has 2 aromatic rings. The van der Waals surface area contributed by atoms with Crippen LogP contribution in [0.2, 0.25) is 0 Å². The third kappa shape index (κ3) is 2.67. The van der Waals surface area contributed by atoms with Gasteiger partial charge >= 0.3 is 0 Å². The van der Waals surface area contributed by atoms with E-state index in [1.165, 1.54) is 4.68 Å². The molecule has 0 aliphatic heterocycles. The van der Waals surface area contributed by atoms with Gasteiger partial charge in [0.25, 0.3) is 5.56 Å². The molecule has 2 aromatic heterocycles. The lowest BCUT2D eigenvalue weighted by atomic mass is 10.2. The third-order valence-corrected chi connectivity index (χ3v) is 2.31. The molecule has 0 saturated heterocycles. The lowest BCUT2D eigenvalue weighted by Gasteiger charge is -2.06. The first-order valence-electron chi connectivity index (χ1n) is 5.14. The molecule has 2 heterocycles. The highest BCUT2D eigenvalue weighted by molar-refractivity contribution is 5.35. The topological polar surface area (TPSA) is 85.8 Å². The smallest absolute Gasteiger partial charge is 0.267 e. The summed E-state index contributed by atoms with van der Waals surface area (Å²) in [7, 11) is 0. The molecule has 2 rings (SSSR count). The minimum Gasteiger partial charge on any atom is -0.308 e. The van der Waals surface area contributed by atoms with Crippen molar-refractivity contribution in [2.45, 2.75) is 13.5 Å². The molecule has 3 N–H and O–H groups in total. The van der Waals surface area contributed by atoms with Gasteiger partial charge in [-0.1, -0.05) is 0 Å². The number of anilines is 1. The van der Waals surface area contributed by atoms with E-state index >= 15 is 0 Å². The Balaban J connectivity index is 2.28. The van der Waals surface area contributed by atoms with Gasteiger partial charge in [0, 0.05) is 12.3 Å². The van der Waals surface area contributed by atoms with Crippen LogP contribution < -0.4 is 16.8 Å². The van der Waals surface area contributed by atoms with E-state index in [2.05, 4.69) is 15.5 Å². The van der Waals surface area contributed by atoms with Gasteiger partial charge < -0.3 is 5.43 Å². The van der Waals surface area contributed by atoms with Crippen LogP contribution in [0.5, 0.6) is 0 Å². The number of aromatic nitrogens is 3. The second kappa shape index (κ2) is 4.75. The van der Waals surface area contributed by atoms with E-state index in [1.807, 2.05) is 13.0 Å². The van der Waals surface area contributed by atoms with Gasteiger partial charge in [0.1, 0.15) is 5.82 Å². The fourth-order valence-electron chi connectivity index (χ4n) is 1.47. The maximum Gasteiger partial charge on any atom is 0.267 e. The molecule has 0 radical (unpaired) electrons. The molecule has 0 spiro atoms. The molecule has 0 fully saturated rings. The quantitative estimate of drug-likeness (QED) is 0.585. The molecule has 88 valence electrons. The highest BCUT2D eigenvalue weighted by Gasteiger charge is 2.01. The summed E-state index contributed by atoms with van der Waals surface area (Å²) in [5.41, 5.74) is 4.10. The van der Waals surface area contributed by atoms with E-state index in [-0.39, 0.29) is 5.56 Å². The second-order valence-corrected chi connectivity index (χ2v) is 3.72. The van der Waals surface area contributed by atoms with Crippen LogP contribution in [-0.2, 0) is 6.54 Å². The summed E-state index contributed by atoms with van der Waals surface area (Å²) < 4.78 is 1.39. The van der Waals surface area contributed by atoms with E-state index < -0.39 is 0 Å². The minimum absolute atomic E-state index is 0.121. The number of nitrogens with one attached hydrogen (secondary N) is 1. The lowest BCUT2D eigenvalue weighted by molar-refractivity contribution is 0.636. The molecule has 0 aliphatic rings. The number of hydrazine groups is 1. The standard InChI is InChI=1S/C11H13N5O/c1-8-4-11(17)16(14-6-8)7-9-2-3-13-10(5-9)15-12/h2-6H,7,12H2,1H3,(H,13,15). The maximum atomic E-state index is 11.6. The summed E-state index contributed by atoms with van der Waals surface area (Å²) in [5.74, 6) is 5.82. The number of hydrogen-bond acceptors (Lipinski definition) is 5. The molecule has 0 aromatic carbocycles. The molecule has 0 aliphatic carbocycles. The number of nitrogens with zero attached hydrogens (tertiary/aromatic N) is 3. The maximum absolute atomic E-state index is 11.6. The molecule has 0 amide bonds. The molecular formula is C11H13N5O. The van der Waals surface area contributed by atoms with Gasteiger partial charge in [0.15, 0.2) is 0 Å². The Morgan fingerprint density at radius 3 is 3.00 bits per heavy atom. The van der Waals surface area contributed by atoms with E-state index in [4.69, 9.17) is 5.84 Å². The number of rotatable bonds is 3. The number of nitrogen functional groups attached to an aromatic ring is 1. The van der Waals surface area contributed by atoms with Gasteiger partial charge in [-0.2, -0.15) is 5.10 Å². The minimum atomic E-state index is -0.121. The molecule has 17 heavy (non-hydrogen) atoms. The highest BCUT2D eigenvalue weighted by atomic mass is 16.1. The van der Waals surface area contributed by atoms with Gasteiger partial charge in [-0.25, -0.2) is 15.5 Å². The summed E-state index contributed by atoms with van der Waals surface area (Å²) in [4.78, 5) is 15.6. The summed E-state index contributed by atoms with van der Waals surface area (Å²) in [5, 5.41) is 4.06. The van der Waals surface area contributed by atoms with Crippen LogP contribution in [0.15, 0.2) is 35.4 Å². The van der Waals surface area contributed by atoms with Crippen LogP contribution in [0.25, 0.3) is 0 Å². The normalized spacial score (nSPS) is 10.2. The molecule has 6 nitrogen and oxygen atoms in total. The van der Waals surface area contributed by atoms with Crippen LogP contribution in [-0.4, -0.2) is 14.8 Å². The molecule has 6 heteroatoms. The Labute approximate surface area is 98.1 Å². The van der Waals surface area contributed by atoms with Crippen molar-refractivity contribution >= 4 is 5.82 Å². The van der Waals surface area contributed by atoms with Gasteiger partial charge in [0.05, 0.1) is 12.7 Å². The van der Waals surface area contributed by atoms with E-state index in [9.17, 15) is 4.79 Å². The summed E-state index contributed by atoms with van der Waals surface area (Å²) in [6.45, 7) is 2.23. The zero-order chi connectivity index (χ0) is 12.3. The van der Waals surface area contributed by atoms with Crippen LogP contribution in [0, 0.1) is 6.92 Å². The predicted octanol–water partition coefficient (Wildman–Crippen LogP) is 0.281. The first-order chi connectivity index (χ1) is 8.19. The molecule has 0 unspecified atom stereocenters. The third-order valence-electron chi connectivity index (χ3n) is 2.31. The van der Waals surface area contributed by atoms with Crippen molar-refractivity contribution in [2.24, 2.45) is 5.84 Å². The van der Waals surface area contributed by atoms with Crippen molar-refractivity contribution in [3.8, 4) is 0 Å². The average molecular weight is 231 g/mol. The fourth-order valence-corrected chi connectivity index (χ4v) is 1.47. The number of nitrogens with two attached hydrogens (primary N) is 1. The van der Waals surface area contributed by atoms with Crippen LogP contribution in [0.1, 0.15) is 11.1 Å². The Hall–Kier alpha value is -2.21. The number of pyridine rings is 1. The first-order valence-corrected chi connectivity index (χ1v) is 5.14. The van der Waals surface area contributed by atoms with Gasteiger partial charge in [-0.3, -0.25) is 4.79 Å². The Morgan fingerprint density at radius 2 is 2.29 bits per heavy atom. The SMILES string of the molecule is Cc1cnn(Cc2ccnc(NN)c2)c(=O)c1. The number of aryl methyl sites for hydroxylation is 1. The van der Waals surface area contributed by atoms with Crippen molar-refractivity contribution in [1.29, 1.82) is 0 Å². The van der Waals surface area contributed by atoms with Crippen molar-refractivity contribution in [3.63, 3.8) is 0 Å². The van der Waals surface area contributed by atoms with Gasteiger partial charge in [-0.05, 0) is 30.2 Å². The van der Waals surface area contributed by atoms with E-state index in [0.717, 1.165) is 11.1 Å². The average Bonchev–Trinajstić information content (AvgIpc) is 2.33. The van der Waals surface area contributed by atoms with E-state index in [0.29, 0.717) is 12.4 Å². The molecule has 0 bridgehead atoms. The predicted molar refractivity (Wildman–Crippen MR) is 64.4 cm³/mol. The highest BCUT2D eigenvalue weighted by Crippen LogP contribution is 2.05. The van der Waals surface area contributed by atoms with Crippen LogP contribution >= 0.6 is 0 Å². The largest absolute Gasteiger partial charge is 0.308 e. The summed E-state index contributed by atoms with van der Waals surface area (Å²) >= 11 is 0. The van der Waals surface area contributed by atoms with Crippen molar-refractivity contribution in [1.82, 2.24) is 14.8 Å². The van der Waals surface area contributed by atoms with Gasteiger partial charge in [0.2, 0.25) is 0 Å². The Bertz CT molecular complexity index is 578. The molecular weight excluding hydrogens is 218 g/mol.